The quantitative estimate of drug-likeness (QED) is 0.503. The fourth-order valence-corrected chi connectivity index (χ4v) is 6.42. The molecule has 0 saturated carbocycles. The molecule has 0 radical (unpaired) electrons. The molecule has 0 atom stereocenters. The zero-order valence-corrected chi connectivity index (χ0v) is 18.8. The van der Waals surface area contributed by atoms with Crippen molar-refractivity contribution < 1.29 is 31.2 Å². The lowest BCUT2D eigenvalue weighted by Gasteiger charge is -2.16. The zero-order valence-electron chi connectivity index (χ0n) is 16.3. The van der Waals surface area contributed by atoms with E-state index in [9.17, 15) is 26.4 Å². The summed E-state index contributed by atoms with van der Waals surface area (Å²) < 4.78 is 57.4. The lowest BCUT2D eigenvalue weighted by atomic mass is 10.3. The summed E-state index contributed by atoms with van der Waals surface area (Å²) in [5, 5.41) is 4.04. The van der Waals surface area contributed by atoms with E-state index < -0.39 is 45.1 Å². The van der Waals surface area contributed by atoms with E-state index in [0.29, 0.717) is 13.1 Å². The number of anilines is 1. The number of carbonyl (C=O) groups excluding carboxylic acids is 2. The maximum absolute atomic E-state index is 12.6. The van der Waals surface area contributed by atoms with Crippen LogP contribution >= 0.6 is 11.3 Å². The normalized spacial score (nSPS) is 15.0. The summed E-state index contributed by atoms with van der Waals surface area (Å²) in [4.78, 5) is 23.8. The molecule has 31 heavy (non-hydrogen) atoms. The van der Waals surface area contributed by atoms with Gasteiger partial charge in [-0.15, -0.1) is 11.3 Å². The number of nitrogens with zero attached hydrogens (tertiary/aromatic N) is 1. The second kappa shape index (κ2) is 9.87. The number of benzene rings is 1. The molecule has 1 saturated heterocycles. The maximum Gasteiger partial charge on any atom is 0.321 e. The lowest BCUT2D eigenvalue weighted by molar-refractivity contribution is -0.146. The zero-order chi connectivity index (χ0) is 22.5. The fraction of sp³-hybridized carbons (Fsp3) is 0.333. The van der Waals surface area contributed by atoms with Crippen molar-refractivity contribution in [1.82, 2.24) is 9.03 Å². The van der Waals surface area contributed by atoms with Crippen LogP contribution in [-0.4, -0.2) is 59.3 Å². The van der Waals surface area contributed by atoms with E-state index in [0.717, 1.165) is 24.2 Å². The molecular weight excluding hydrogens is 466 g/mol. The predicted octanol–water partition coefficient (Wildman–Crippen LogP) is 0.993. The minimum absolute atomic E-state index is 0.0572. The average molecular weight is 488 g/mol. The molecule has 1 aliphatic rings. The summed E-state index contributed by atoms with van der Waals surface area (Å²) in [7, 11) is -7.45. The van der Waals surface area contributed by atoms with Crippen molar-refractivity contribution in [2.45, 2.75) is 21.9 Å². The van der Waals surface area contributed by atoms with Crippen LogP contribution in [0.15, 0.2) is 50.9 Å². The molecule has 0 aliphatic carbocycles. The van der Waals surface area contributed by atoms with Gasteiger partial charge in [-0.25, -0.2) is 16.8 Å². The van der Waals surface area contributed by atoms with Gasteiger partial charge in [-0.1, -0.05) is 12.1 Å². The Labute approximate surface area is 184 Å². The van der Waals surface area contributed by atoms with Crippen LogP contribution in [0.1, 0.15) is 12.8 Å². The number of ether oxygens (including phenoxy) is 1. The number of thiophene rings is 1. The fourth-order valence-electron chi connectivity index (χ4n) is 2.85. The highest BCUT2D eigenvalue weighted by Gasteiger charge is 2.27. The second-order valence-electron chi connectivity index (χ2n) is 6.60. The molecule has 1 aromatic heterocycles. The first-order valence-corrected chi connectivity index (χ1v) is 13.1. The van der Waals surface area contributed by atoms with Crippen molar-refractivity contribution in [2.75, 3.05) is 31.6 Å². The highest BCUT2D eigenvalue weighted by atomic mass is 32.2. The molecule has 3 rings (SSSR count). The van der Waals surface area contributed by atoms with Gasteiger partial charge in [-0.05, 0) is 42.5 Å². The van der Waals surface area contributed by atoms with Crippen molar-refractivity contribution in [3.63, 3.8) is 0 Å². The van der Waals surface area contributed by atoms with Gasteiger partial charge in [0.1, 0.15) is 10.8 Å². The van der Waals surface area contributed by atoms with Crippen LogP contribution in [0.2, 0.25) is 0 Å². The Hall–Kier alpha value is -2.32. The minimum atomic E-state index is -3.82. The molecule has 1 amide bonds. The van der Waals surface area contributed by atoms with Crippen LogP contribution in [0, 0.1) is 0 Å². The number of hydrogen-bond acceptors (Lipinski definition) is 8. The third-order valence-corrected chi connectivity index (χ3v) is 9.04. The first kappa shape index (κ1) is 23.3. The van der Waals surface area contributed by atoms with Gasteiger partial charge < -0.3 is 10.1 Å². The minimum Gasteiger partial charge on any atom is -0.455 e. The van der Waals surface area contributed by atoms with Crippen molar-refractivity contribution in [2.24, 2.45) is 0 Å². The highest BCUT2D eigenvalue weighted by Crippen LogP contribution is 2.23. The summed E-state index contributed by atoms with van der Waals surface area (Å²) in [6.45, 7) is -0.351. The smallest absolute Gasteiger partial charge is 0.321 e. The van der Waals surface area contributed by atoms with Crippen LogP contribution in [0.5, 0.6) is 0 Å². The van der Waals surface area contributed by atoms with Gasteiger partial charge in [0, 0.05) is 18.8 Å². The van der Waals surface area contributed by atoms with E-state index >= 15 is 0 Å². The van der Waals surface area contributed by atoms with E-state index in [2.05, 4.69) is 10.0 Å². The summed E-state index contributed by atoms with van der Waals surface area (Å²) in [6.07, 6.45) is 1.62. The Morgan fingerprint density at radius 2 is 1.81 bits per heavy atom. The molecule has 0 unspecified atom stereocenters. The number of sulfonamides is 2. The van der Waals surface area contributed by atoms with Gasteiger partial charge in [-0.3, -0.25) is 9.59 Å². The van der Waals surface area contributed by atoms with Gasteiger partial charge in [0.25, 0.3) is 15.9 Å². The number of hydrogen-bond donors (Lipinski definition) is 2. The Morgan fingerprint density at radius 1 is 1.06 bits per heavy atom. The molecule has 2 N–H and O–H groups in total. The van der Waals surface area contributed by atoms with Crippen molar-refractivity contribution >= 4 is 48.9 Å². The van der Waals surface area contributed by atoms with Crippen molar-refractivity contribution in [3.05, 3.63) is 41.8 Å². The molecular formula is C18H21N3O7S3. The lowest BCUT2D eigenvalue weighted by Crippen LogP contribution is -2.32. The number of esters is 1. The largest absolute Gasteiger partial charge is 0.455 e. The molecule has 0 spiro atoms. The van der Waals surface area contributed by atoms with Gasteiger partial charge in [0.15, 0.2) is 6.61 Å². The Morgan fingerprint density at radius 3 is 2.48 bits per heavy atom. The maximum atomic E-state index is 12.6. The van der Waals surface area contributed by atoms with Crippen molar-refractivity contribution in [3.8, 4) is 0 Å². The monoisotopic (exact) mass is 487 g/mol. The van der Waals surface area contributed by atoms with Crippen LogP contribution in [0.25, 0.3) is 0 Å². The van der Waals surface area contributed by atoms with Crippen LogP contribution < -0.4 is 10.0 Å². The third-order valence-electron chi connectivity index (χ3n) is 4.35. The van der Waals surface area contributed by atoms with Crippen LogP contribution in [-0.2, 0) is 34.4 Å². The molecule has 2 heterocycles. The van der Waals surface area contributed by atoms with Gasteiger partial charge >= 0.3 is 5.97 Å². The average Bonchev–Trinajstić information content (AvgIpc) is 3.46. The van der Waals surface area contributed by atoms with Crippen molar-refractivity contribution in [1.29, 1.82) is 0 Å². The first-order valence-electron chi connectivity index (χ1n) is 9.27. The SMILES string of the molecule is O=C(COC(=O)CNS(=O)(=O)c1cccs1)Nc1cccc(S(=O)(=O)N2CCCC2)c1. The highest BCUT2D eigenvalue weighted by molar-refractivity contribution is 7.91. The molecule has 1 aromatic carbocycles. The second-order valence-corrected chi connectivity index (χ2v) is 11.5. The summed E-state index contributed by atoms with van der Waals surface area (Å²) in [6, 6.07) is 8.75. The molecule has 1 aliphatic heterocycles. The number of nitrogens with one attached hydrogen (secondary N) is 2. The van der Waals surface area contributed by atoms with E-state index in [1.165, 1.54) is 34.6 Å². The molecule has 13 heteroatoms. The van der Waals surface area contributed by atoms with Crippen LogP contribution in [0.3, 0.4) is 0 Å². The molecule has 0 bridgehead atoms. The molecule has 168 valence electrons. The third kappa shape index (κ3) is 6.11. The Bertz CT molecular complexity index is 1140. The topological polar surface area (TPSA) is 139 Å². The van der Waals surface area contributed by atoms with E-state index in [1.54, 1.807) is 11.4 Å². The number of carbonyl (C=O) groups is 2. The molecule has 2 aromatic rings. The molecule has 1 fully saturated rings. The summed E-state index contributed by atoms with van der Waals surface area (Å²) >= 11 is 0.999. The van der Waals surface area contributed by atoms with Gasteiger partial charge in [-0.2, -0.15) is 9.03 Å². The Balaban J connectivity index is 1.50. The number of amides is 1. The summed E-state index contributed by atoms with van der Waals surface area (Å²) in [5.41, 5.74) is 0.236. The standard InChI is InChI=1S/C18H21N3O7S3/c22-16(13-28-17(23)12-19-30(24,25)18-7-4-10-29-18)20-14-5-3-6-15(11-14)31(26,27)21-8-1-2-9-21/h3-7,10-11,19H,1-2,8-9,12-13H2,(H,20,22). The predicted molar refractivity (Wildman–Crippen MR) is 114 cm³/mol. The van der Waals surface area contributed by atoms with E-state index in [-0.39, 0.29) is 14.8 Å². The van der Waals surface area contributed by atoms with E-state index in [4.69, 9.17) is 4.74 Å². The van der Waals surface area contributed by atoms with Gasteiger partial charge in [0.2, 0.25) is 10.0 Å². The first-order chi connectivity index (χ1) is 14.7. The van der Waals surface area contributed by atoms with Gasteiger partial charge in [0.05, 0.1) is 4.90 Å². The van der Waals surface area contributed by atoms with E-state index in [1.807, 2.05) is 0 Å². The number of rotatable bonds is 9. The summed E-state index contributed by atoms with van der Waals surface area (Å²) in [5.74, 6) is -1.62. The molecule has 10 nitrogen and oxygen atoms in total. The van der Waals surface area contributed by atoms with Crippen LogP contribution in [0.4, 0.5) is 5.69 Å². The Kier molecular flexibility index (Phi) is 7.43.